The molecule has 0 saturated heterocycles. The molecule has 1 heterocycles. The monoisotopic (exact) mass is 325 g/mol. The normalized spacial score (nSPS) is 14.4. The van der Waals surface area contributed by atoms with Gasteiger partial charge in [-0.25, -0.2) is 14.6 Å². The zero-order chi connectivity index (χ0) is 15.9. The molecule has 2 N–H and O–H groups in total. The molecule has 1 saturated carbocycles. The molecule has 1 aliphatic rings. The predicted molar refractivity (Wildman–Crippen MR) is 78.5 cm³/mol. The fourth-order valence-electron chi connectivity index (χ4n) is 2.17. The van der Waals surface area contributed by atoms with Gasteiger partial charge in [0.2, 0.25) is 0 Å². The van der Waals surface area contributed by atoms with Crippen molar-refractivity contribution < 1.29 is 19.1 Å². The number of pyridine rings is 1. The summed E-state index contributed by atoms with van der Waals surface area (Å²) in [4.78, 5) is 38.5. The Kier molecular flexibility index (Phi) is 5.71. The number of ether oxygens (including phenoxy) is 1. The summed E-state index contributed by atoms with van der Waals surface area (Å²) in [5, 5.41) is 5.07. The molecule has 1 aliphatic carbocycles. The molecular weight excluding hydrogens is 310 g/mol. The van der Waals surface area contributed by atoms with Crippen molar-refractivity contribution in [1.29, 1.82) is 0 Å². The van der Waals surface area contributed by atoms with Crippen molar-refractivity contribution in [2.45, 2.75) is 31.7 Å². The zero-order valence-electron chi connectivity index (χ0n) is 11.8. The minimum absolute atomic E-state index is 0.107. The van der Waals surface area contributed by atoms with Gasteiger partial charge in [-0.15, -0.1) is 0 Å². The first-order valence-electron chi connectivity index (χ1n) is 6.93. The second-order valence-corrected chi connectivity index (χ2v) is 5.34. The van der Waals surface area contributed by atoms with Gasteiger partial charge in [0.25, 0.3) is 5.91 Å². The third-order valence-electron chi connectivity index (χ3n) is 3.24. The minimum atomic E-state index is -0.712. The van der Waals surface area contributed by atoms with Crippen molar-refractivity contribution in [1.82, 2.24) is 15.6 Å². The van der Waals surface area contributed by atoms with Gasteiger partial charge in [0, 0.05) is 12.2 Å². The first-order valence-corrected chi connectivity index (χ1v) is 7.31. The highest BCUT2D eigenvalue weighted by Crippen LogP contribution is 2.17. The fourth-order valence-corrected chi connectivity index (χ4v) is 2.28. The largest absolute Gasteiger partial charge is 0.452 e. The second-order valence-electron chi connectivity index (χ2n) is 4.95. The number of urea groups is 1. The summed E-state index contributed by atoms with van der Waals surface area (Å²) < 4.78 is 4.79. The van der Waals surface area contributed by atoms with E-state index >= 15 is 0 Å². The van der Waals surface area contributed by atoms with Gasteiger partial charge in [0.1, 0.15) is 5.15 Å². The van der Waals surface area contributed by atoms with Crippen molar-refractivity contribution in [2.75, 3.05) is 6.61 Å². The molecule has 2 rings (SSSR count). The average molecular weight is 326 g/mol. The van der Waals surface area contributed by atoms with Crippen molar-refractivity contribution in [3.8, 4) is 0 Å². The molecule has 0 unspecified atom stereocenters. The minimum Gasteiger partial charge on any atom is -0.452 e. The van der Waals surface area contributed by atoms with Crippen LogP contribution in [0.1, 0.15) is 36.0 Å². The summed E-state index contributed by atoms with van der Waals surface area (Å²) >= 11 is 5.60. The summed E-state index contributed by atoms with van der Waals surface area (Å²) in [6.45, 7) is -0.542. The molecule has 1 fully saturated rings. The van der Waals surface area contributed by atoms with Crippen LogP contribution in [0.3, 0.4) is 0 Å². The second kappa shape index (κ2) is 7.74. The van der Waals surface area contributed by atoms with Gasteiger partial charge in [-0.1, -0.05) is 24.4 Å². The van der Waals surface area contributed by atoms with Crippen LogP contribution in [0.5, 0.6) is 0 Å². The maximum Gasteiger partial charge on any atom is 0.340 e. The maximum atomic E-state index is 11.6. The third-order valence-corrected chi connectivity index (χ3v) is 3.46. The van der Waals surface area contributed by atoms with Gasteiger partial charge in [0.15, 0.2) is 6.61 Å². The Hall–Kier alpha value is -2.15. The fraction of sp³-hybridized carbons (Fsp3) is 0.429. The van der Waals surface area contributed by atoms with E-state index in [1.807, 2.05) is 0 Å². The predicted octanol–water partition coefficient (Wildman–Crippen LogP) is 1.66. The van der Waals surface area contributed by atoms with Crippen LogP contribution in [0.4, 0.5) is 4.79 Å². The van der Waals surface area contributed by atoms with E-state index in [1.165, 1.54) is 18.3 Å². The first kappa shape index (κ1) is 16.2. The average Bonchev–Trinajstić information content (AvgIpc) is 2.98. The van der Waals surface area contributed by atoms with Crippen LogP contribution in [0.25, 0.3) is 0 Å². The van der Waals surface area contributed by atoms with Crippen LogP contribution in [-0.2, 0) is 9.53 Å². The van der Waals surface area contributed by atoms with Crippen molar-refractivity contribution in [3.63, 3.8) is 0 Å². The summed E-state index contributed by atoms with van der Waals surface area (Å²) in [7, 11) is 0. The lowest BCUT2D eigenvalue weighted by Gasteiger charge is -2.12. The Morgan fingerprint density at radius 2 is 2.00 bits per heavy atom. The van der Waals surface area contributed by atoms with E-state index in [2.05, 4.69) is 15.6 Å². The van der Waals surface area contributed by atoms with E-state index < -0.39 is 24.5 Å². The summed E-state index contributed by atoms with van der Waals surface area (Å²) in [5.74, 6) is -1.40. The molecule has 22 heavy (non-hydrogen) atoms. The lowest BCUT2D eigenvalue weighted by Crippen LogP contribution is -2.44. The Bertz CT molecular complexity index is 556. The number of nitrogens with one attached hydrogen (secondary N) is 2. The van der Waals surface area contributed by atoms with Gasteiger partial charge in [0.05, 0.1) is 5.56 Å². The zero-order valence-corrected chi connectivity index (χ0v) is 12.6. The number of aromatic nitrogens is 1. The Morgan fingerprint density at radius 3 is 2.64 bits per heavy atom. The standard InChI is InChI=1S/C14H16ClN3O4/c15-11-6-5-9(7-16-11)13(20)22-8-12(19)18-14(21)17-10-3-1-2-4-10/h5-7,10H,1-4,8H2,(H2,17,18,19,21). The quantitative estimate of drug-likeness (QED) is 0.648. The molecular formula is C14H16ClN3O4. The van der Waals surface area contributed by atoms with Crippen LogP contribution < -0.4 is 10.6 Å². The topological polar surface area (TPSA) is 97.4 Å². The summed E-state index contributed by atoms with van der Waals surface area (Å²) in [5.41, 5.74) is 0.174. The number of halogens is 1. The summed E-state index contributed by atoms with van der Waals surface area (Å²) in [6.07, 6.45) is 5.23. The van der Waals surface area contributed by atoms with Crippen LogP contribution >= 0.6 is 11.6 Å². The number of carbonyl (C=O) groups is 3. The first-order chi connectivity index (χ1) is 10.5. The molecule has 0 bridgehead atoms. The molecule has 1 aromatic rings. The number of hydrogen-bond acceptors (Lipinski definition) is 5. The number of imide groups is 1. The highest BCUT2D eigenvalue weighted by molar-refractivity contribution is 6.29. The smallest absolute Gasteiger partial charge is 0.340 e. The Labute approximate surface area is 132 Å². The van der Waals surface area contributed by atoms with E-state index in [1.54, 1.807) is 0 Å². The van der Waals surface area contributed by atoms with Crippen LogP contribution in [0, 0.1) is 0 Å². The van der Waals surface area contributed by atoms with E-state index in [4.69, 9.17) is 16.3 Å². The summed E-state index contributed by atoms with van der Waals surface area (Å²) in [6, 6.07) is 2.41. The number of rotatable bonds is 4. The molecule has 7 nitrogen and oxygen atoms in total. The SMILES string of the molecule is O=C(COC(=O)c1ccc(Cl)nc1)NC(=O)NC1CCCC1. The molecule has 0 atom stereocenters. The third kappa shape index (κ3) is 5.00. The van der Waals surface area contributed by atoms with Crippen molar-refractivity contribution >= 4 is 29.5 Å². The van der Waals surface area contributed by atoms with Gasteiger partial charge in [-0.05, 0) is 25.0 Å². The number of carbonyl (C=O) groups excluding carboxylic acids is 3. The van der Waals surface area contributed by atoms with E-state index in [-0.39, 0.29) is 16.8 Å². The molecule has 0 aliphatic heterocycles. The van der Waals surface area contributed by atoms with E-state index in [9.17, 15) is 14.4 Å². The van der Waals surface area contributed by atoms with Gasteiger partial charge in [-0.2, -0.15) is 0 Å². The molecule has 8 heteroatoms. The highest BCUT2D eigenvalue weighted by atomic mass is 35.5. The van der Waals surface area contributed by atoms with E-state index in [0.717, 1.165) is 25.7 Å². The van der Waals surface area contributed by atoms with E-state index in [0.29, 0.717) is 0 Å². The Morgan fingerprint density at radius 1 is 1.27 bits per heavy atom. The molecule has 3 amide bonds. The molecule has 1 aromatic heterocycles. The number of hydrogen-bond donors (Lipinski definition) is 2. The Balaban J connectivity index is 1.71. The van der Waals surface area contributed by atoms with Crippen molar-refractivity contribution in [3.05, 3.63) is 29.0 Å². The molecule has 0 spiro atoms. The highest BCUT2D eigenvalue weighted by Gasteiger charge is 2.18. The number of esters is 1. The number of amides is 3. The van der Waals surface area contributed by atoms with Crippen molar-refractivity contribution in [2.24, 2.45) is 0 Å². The lowest BCUT2D eigenvalue weighted by molar-refractivity contribution is -0.123. The number of nitrogens with zero attached hydrogens (tertiary/aromatic N) is 1. The van der Waals surface area contributed by atoms with Crippen LogP contribution in [-0.4, -0.2) is 35.5 Å². The van der Waals surface area contributed by atoms with Gasteiger partial charge >= 0.3 is 12.0 Å². The van der Waals surface area contributed by atoms with Crippen LogP contribution in [0.2, 0.25) is 5.15 Å². The van der Waals surface area contributed by atoms with Gasteiger partial charge in [-0.3, -0.25) is 10.1 Å². The van der Waals surface area contributed by atoms with Gasteiger partial charge < -0.3 is 10.1 Å². The maximum absolute atomic E-state index is 11.6. The lowest BCUT2D eigenvalue weighted by atomic mass is 10.2. The van der Waals surface area contributed by atoms with Crippen LogP contribution in [0.15, 0.2) is 18.3 Å². The molecule has 0 aromatic carbocycles. The molecule has 118 valence electrons. The molecule has 0 radical (unpaired) electrons.